The van der Waals surface area contributed by atoms with Gasteiger partial charge < -0.3 is 10.2 Å². The van der Waals surface area contributed by atoms with Crippen molar-refractivity contribution in [3.63, 3.8) is 0 Å². The molecule has 2 heteroatoms. The van der Waals surface area contributed by atoms with Crippen LogP contribution in [-0.4, -0.2) is 16.3 Å². The van der Waals surface area contributed by atoms with Crippen LogP contribution in [0.15, 0.2) is 12.1 Å². The van der Waals surface area contributed by atoms with Gasteiger partial charge in [-0.15, -0.1) is 0 Å². The minimum atomic E-state index is -0.0824. The van der Waals surface area contributed by atoms with Gasteiger partial charge in [0.15, 0.2) is 0 Å². The third-order valence-electron chi connectivity index (χ3n) is 7.75. The second-order valence-corrected chi connectivity index (χ2v) is 8.61. The summed E-state index contributed by atoms with van der Waals surface area (Å²) in [7, 11) is 0. The van der Waals surface area contributed by atoms with Crippen molar-refractivity contribution in [2.45, 2.75) is 63.9 Å². The van der Waals surface area contributed by atoms with E-state index in [2.05, 4.69) is 6.92 Å². The average Bonchev–Trinajstić information content (AvgIpc) is 2.79. The van der Waals surface area contributed by atoms with E-state index in [4.69, 9.17) is 0 Å². The number of aromatic hydroxyl groups is 1. The molecule has 118 valence electrons. The molecular weight excluding hydrogens is 272 g/mol. The summed E-state index contributed by atoms with van der Waals surface area (Å²) in [6, 6.07) is 4.05. The lowest BCUT2D eigenvalue weighted by molar-refractivity contribution is -0.0520. The first-order valence-electron chi connectivity index (χ1n) is 9.10. The molecule has 1 aromatic carbocycles. The lowest BCUT2D eigenvalue weighted by Crippen LogP contribution is -2.49. The van der Waals surface area contributed by atoms with Crippen LogP contribution in [0.1, 0.15) is 61.6 Å². The Morgan fingerprint density at radius 2 is 1.77 bits per heavy atom. The molecule has 5 rings (SSSR count). The van der Waals surface area contributed by atoms with Gasteiger partial charge in [0.05, 0.1) is 6.10 Å². The summed E-state index contributed by atoms with van der Waals surface area (Å²) in [5, 5.41) is 20.6. The maximum atomic E-state index is 10.6. The van der Waals surface area contributed by atoms with Crippen molar-refractivity contribution < 1.29 is 10.2 Å². The highest BCUT2D eigenvalue weighted by atomic mass is 16.3. The Bertz CT molecular complexity index is 620. The van der Waals surface area contributed by atoms with Gasteiger partial charge in [0, 0.05) is 0 Å². The van der Waals surface area contributed by atoms with E-state index in [0.29, 0.717) is 17.6 Å². The molecule has 0 spiro atoms. The molecule has 22 heavy (non-hydrogen) atoms. The summed E-state index contributed by atoms with van der Waals surface area (Å²) < 4.78 is 0. The molecule has 1 aromatic rings. The van der Waals surface area contributed by atoms with E-state index < -0.39 is 0 Å². The highest BCUT2D eigenvalue weighted by Gasteiger charge is 2.58. The predicted molar refractivity (Wildman–Crippen MR) is 85.9 cm³/mol. The lowest BCUT2D eigenvalue weighted by atomic mass is 9.49. The third-order valence-corrected chi connectivity index (χ3v) is 7.75. The molecule has 6 atom stereocenters. The van der Waals surface area contributed by atoms with Gasteiger partial charge in [0.25, 0.3) is 0 Å². The fourth-order valence-corrected chi connectivity index (χ4v) is 6.90. The van der Waals surface area contributed by atoms with Crippen molar-refractivity contribution in [2.75, 3.05) is 0 Å². The standard InChI is InChI=1S/C20H26O2/c1-20-10-13-3-2-11-8-14(21)9-12-4-5-15(19(13)18(11)12)16(20)6-7-17(20)22/h8-9,13,15-17,19,21-22H,2-7,10H2,1H3. The molecule has 2 N–H and O–H groups in total. The van der Waals surface area contributed by atoms with Gasteiger partial charge in [-0.1, -0.05) is 6.92 Å². The van der Waals surface area contributed by atoms with E-state index in [1.807, 2.05) is 12.1 Å². The van der Waals surface area contributed by atoms with E-state index in [-0.39, 0.29) is 11.5 Å². The Labute approximate surface area is 132 Å². The summed E-state index contributed by atoms with van der Waals surface area (Å²) >= 11 is 0. The maximum absolute atomic E-state index is 10.6. The molecule has 2 saturated carbocycles. The van der Waals surface area contributed by atoms with Crippen molar-refractivity contribution >= 4 is 0 Å². The Morgan fingerprint density at radius 3 is 2.55 bits per heavy atom. The fourth-order valence-electron chi connectivity index (χ4n) is 6.90. The fraction of sp³-hybridized carbons (Fsp3) is 0.700. The quantitative estimate of drug-likeness (QED) is 0.765. The molecule has 0 bridgehead atoms. The number of fused-ring (bicyclic) bond motifs is 2. The van der Waals surface area contributed by atoms with Crippen LogP contribution in [-0.2, 0) is 12.8 Å². The summed E-state index contributed by atoms with van der Waals surface area (Å²) in [6.07, 6.45) is 8.08. The van der Waals surface area contributed by atoms with Crippen LogP contribution in [0.2, 0.25) is 0 Å². The van der Waals surface area contributed by atoms with Crippen molar-refractivity contribution in [2.24, 2.45) is 23.2 Å². The summed E-state index contributed by atoms with van der Waals surface area (Å²) in [5.41, 5.74) is 4.61. The molecule has 6 unspecified atom stereocenters. The molecule has 0 heterocycles. The van der Waals surface area contributed by atoms with Gasteiger partial charge in [0.2, 0.25) is 0 Å². The number of aryl methyl sites for hydroxylation is 2. The monoisotopic (exact) mass is 298 g/mol. The number of rotatable bonds is 0. The molecule has 4 aliphatic rings. The zero-order valence-corrected chi connectivity index (χ0v) is 13.4. The lowest BCUT2D eigenvalue weighted by Gasteiger charge is -2.55. The van der Waals surface area contributed by atoms with Crippen LogP contribution < -0.4 is 0 Å². The highest BCUT2D eigenvalue weighted by molar-refractivity contribution is 5.48. The zero-order chi connectivity index (χ0) is 15.1. The molecule has 2 fully saturated rings. The van der Waals surface area contributed by atoms with Gasteiger partial charge in [-0.25, -0.2) is 0 Å². The molecule has 0 radical (unpaired) electrons. The molecule has 4 aliphatic carbocycles. The number of hydrogen-bond acceptors (Lipinski definition) is 2. The van der Waals surface area contributed by atoms with Gasteiger partial charge in [-0.3, -0.25) is 0 Å². The molecule has 0 amide bonds. The first kappa shape index (κ1) is 13.4. The van der Waals surface area contributed by atoms with Crippen molar-refractivity contribution in [3.05, 3.63) is 28.8 Å². The van der Waals surface area contributed by atoms with E-state index in [0.717, 1.165) is 31.1 Å². The van der Waals surface area contributed by atoms with Crippen molar-refractivity contribution in [1.29, 1.82) is 0 Å². The Kier molecular flexibility index (Phi) is 2.61. The largest absolute Gasteiger partial charge is 0.508 e. The van der Waals surface area contributed by atoms with E-state index >= 15 is 0 Å². The number of phenols is 1. The van der Waals surface area contributed by atoms with E-state index in [1.54, 1.807) is 5.56 Å². The molecule has 0 saturated heterocycles. The second-order valence-electron chi connectivity index (χ2n) is 8.61. The van der Waals surface area contributed by atoms with Crippen LogP contribution >= 0.6 is 0 Å². The topological polar surface area (TPSA) is 40.5 Å². The number of aliphatic hydroxyl groups is 1. The highest BCUT2D eigenvalue weighted by Crippen LogP contribution is 2.65. The first-order valence-corrected chi connectivity index (χ1v) is 9.10. The zero-order valence-electron chi connectivity index (χ0n) is 13.4. The third kappa shape index (κ3) is 1.55. The molecule has 0 aliphatic heterocycles. The average molecular weight is 298 g/mol. The van der Waals surface area contributed by atoms with Crippen LogP contribution in [0.25, 0.3) is 0 Å². The van der Waals surface area contributed by atoms with Crippen LogP contribution in [0, 0.1) is 23.2 Å². The Morgan fingerprint density at radius 1 is 1.05 bits per heavy atom. The minimum absolute atomic E-state index is 0.0824. The van der Waals surface area contributed by atoms with Crippen LogP contribution in [0.5, 0.6) is 5.75 Å². The van der Waals surface area contributed by atoms with Crippen molar-refractivity contribution in [1.82, 2.24) is 0 Å². The van der Waals surface area contributed by atoms with Gasteiger partial charge in [0.1, 0.15) is 5.75 Å². The van der Waals surface area contributed by atoms with Crippen molar-refractivity contribution in [3.8, 4) is 5.75 Å². The predicted octanol–water partition coefficient (Wildman–Crippen LogP) is 3.78. The summed E-state index contributed by atoms with van der Waals surface area (Å²) in [4.78, 5) is 0. The number of hydrogen-bond donors (Lipinski definition) is 2. The normalized spacial score (nSPS) is 45.3. The number of phenolic OH excluding ortho intramolecular Hbond substituents is 1. The first-order chi connectivity index (χ1) is 10.6. The maximum Gasteiger partial charge on any atom is 0.116 e. The van der Waals surface area contributed by atoms with Crippen LogP contribution in [0.3, 0.4) is 0 Å². The second kappa shape index (κ2) is 4.29. The van der Waals surface area contributed by atoms with E-state index in [1.165, 1.54) is 36.8 Å². The van der Waals surface area contributed by atoms with Gasteiger partial charge in [-0.05, 0) is 103 Å². The van der Waals surface area contributed by atoms with Gasteiger partial charge >= 0.3 is 0 Å². The molecular formula is C20H26O2. The van der Waals surface area contributed by atoms with E-state index in [9.17, 15) is 10.2 Å². The molecule has 0 aromatic heterocycles. The Hall–Kier alpha value is -1.02. The van der Waals surface area contributed by atoms with Gasteiger partial charge in [-0.2, -0.15) is 0 Å². The molecule has 2 nitrogen and oxygen atoms in total. The summed E-state index contributed by atoms with van der Waals surface area (Å²) in [5.74, 6) is 3.38. The Balaban J connectivity index is 1.65. The summed E-state index contributed by atoms with van der Waals surface area (Å²) in [6.45, 7) is 2.37. The minimum Gasteiger partial charge on any atom is -0.508 e. The smallest absolute Gasteiger partial charge is 0.116 e. The number of benzene rings is 1. The van der Waals surface area contributed by atoms with Crippen LogP contribution in [0.4, 0.5) is 0 Å². The SMILES string of the molecule is CC12CC3CCc4cc(O)cc5c4C3C(CC5)C1CCC2O. The number of aliphatic hydroxyl groups excluding tert-OH is 1.